The number of H-pyrrole nitrogens is 1. The minimum Gasteiger partial charge on any atom is -0.445 e. The average molecular weight is 804 g/mol. The monoisotopic (exact) mass is 803 g/mol. The number of aliphatic hydroxyl groups excluding tert-OH is 1. The second-order valence-corrected chi connectivity index (χ2v) is 14.9. The number of aryl methyl sites for hydroxylation is 1. The highest BCUT2D eigenvalue weighted by Gasteiger charge is 2.32. The van der Waals surface area contributed by atoms with Crippen LogP contribution in [-0.2, 0) is 49.8 Å². The van der Waals surface area contributed by atoms with Crippen LogP contribution in [0.3, 0.4) is 0 Å². The molecule has 1 unspecified atom stereocenters. The summed E-state index contributed by atoms with van der Waals surface area (Å²) >= 11 is 0. The molecule has 5 amide bonds. The molecule has 14 nitrogen and oxygen atoms in total. The van der Waals surface area contributed by atoms with Gasteiger partial charge in [-0.05, 0) is 52.6 Å². The summed E-state index contributed by atoms with van der Waals surface area (Å²) in [6.07, 6.45) is 2.33. The summed E-state index contributed by atoms with van der Waals surface area (Å²) in [5.74, 6) is -2.29. The molecule has 0 spiro atoms. The fourth-order valence-electron chi connectivity index (χ4n) is 6.69. The predicted octanol–water partition coefficient (Wildman–Crippen LogP) is 4.58. The number of aromatic amines is 1. The second kappa shape index (κ2) is 22.4. The van der Waals surface area contributed by atoms with Crippen LogP contribution in [0.25, 0.3) is 10.8 Å². The molecule has 0 radical (unpaired) electrons. The molecule has 59 heavy (non-hydrogen) atoms. The first-order chi connectivity index (χ1) is 28.5. The van der Waals surface area contributed by atoms with Gasteiger partial charge in [-0.25, -0.2) is 9.78 Å². The molecule has 310 valence electrons. The van der Waals surface area contributed by atoms with Gasteiger partial charge in [-0.2, -0.15) is 0 Å². The SMILES string of the molecule is CC(C)C[C@H](NC(=O)C(Cc1c[nH]cn1)NC(=O)[C@H](Cc1cccc2ccccc12)NC(=O)OCc1ccccc1)[C@@H](O)CC(=O)NNC(=O)CCCc1ccccc1. The average Bonchev–Trinajstić information content (AvgIpc) is 3.75. The maximum atomic E-state index is 14.2. The molecule has 0 fully saturated rings. The standard InChI is InChI=1S/C45H53N7O7/c1-30(2)23-37(40(53)26-42(55)52-51-41(54)22-11-17-31-13-5-3-6-14-31)48-44(57)39(25-35-27-46-29-47-35)49-43(56)38(50-45(58)59-28-32-15-7-4-8-16-32)24-34-20-12-19-33-18-9-10-21-36(33)34/h3-10,12-16,18-21,27,29-30,37-40,53H,11,17,22-26,28H2,1-2H3,(H,46,47)(H,48,57)(H,49,56)(H,50,58)(H,51,54)(H,52,55)/t37-,38-,39?,40-/m0/s1. The Hall–Kier alpha value is -6.54. The largest absolute Gasteiger partial charge is 0.445 e. The quantitative estimate of drug-likeness (QED) is 0.0554. The first-order valence-electron chi connectivity index (χ1n) is 19.9. The molecule has 5 aromatic rings. The van der Waals surface area contributed by atoms with Crippen LogP contribution in [0, 0.1) is 5.92 Å². The van der Waals surface area contributed by atoms with Gasteiger partial charge in [0.05, 0.1) is 30.6 Å². The van der Waals surface area contributed by atoms with Crippen LogP contribution in [0.5, 0.6) is 0 Å². The molecule has 5 rings (SSSR count). The third kappa shape index (κ3) is 14.4. The van der Waals surface area contributed by atoms with Crippen molar-refractivity contribution in [2.45, 2.75) is 89.6 Å². The van der Waals surface area contributed by atoms with Crippen LogP contribution in [0.15, 0.2) is 116 Å². The number of fused-ring (bicyclic) bond motifs is 1. The summed E-state index contributed by atoms with van der Waals surface area (Å²) in [5, 5.41) is 21.5. The first-order valence-corrected chi connectivity index (χ1v) is 19.9. The maximum Gasteiger partial charge on any atom is 0.408 e. The van der Waals surface area contributed by atoms with Gasteiger partial charge in [0.25, 0.3) is 0 Å². The molecule has 1 aromatic heterocycles. The highest BCUT2D eigenvalue weighted by Crippen LogP contribution is 2.20. The van der Waals surface area contributed by atoms with Crippen molar-refractivity contribution in [1.82, 2.24) is 36.8 Å². The van der Waals surface area contributed by atoms with E-state index in [1.54, 1.807) is 6.20 Å². The molecule has 7 N–H and O–H groups in total. The molecule has 0 aliphatic carbocycles. The van der Waals surface area contributed by atoms with Gasteiger partial charge in [0.2, 0.25) is 23.6 Å². The van der Waals surface area contributed by atoms with Gasteiger partial charge in [0.1, 0.15) is 18.7 Å². The van der Waals surface area contributed by atoms with Crippen molar-refractivity contribution in [2.75, 3.05) is 0 Å². The van der Waals surface area contributed by atoms with E-state index in [-0.39, 0.29) is 37.7 Å². The van der Waals surface area contributed by atoms with E-state index in [0.717, 1.165) is 27.5 Å². The van der Waals surface area contributed by atoms with Crippen molar-refractivity contribution >= 4 is 40.5 Å². The Kier molecular flexibility index (Phi) is 16.6. The summed E-state index contributed by atoms with van der Waals surface area (Å²) in [7, 11) is 0. The van der Waals surface area contributed by atoms with Crippen LogP contribution in [0.2, 0.25) is 0 Å². The van der Waals surface area contributed by atoms with E-state index in [4.69, 9.17) is 4.74 Å². The van der Waals surface area contributed by atoms with E-state index in [0.29, 0.717) is 25.0 Å². The van der Waals surface area contributed by atoms with Gasteiger partial charge in [-0.1, -0.05) is 117 Å². The molecule has 0 saturated carbocycles. The molecule has 0 bridgehead atoms. The van der Waals surface area contributed by atoms with E-state index >= 15 is 0 Å². The molecule has 0 saturated heterocycles. The van der Waals surface area contributed by atoms with Gasteiger partial charge >= 0.3 is 6.09 Å². The Morgan fingerprint density at radius 3 is 2.08 bits per heavy atom. The van der Waals surface area contributed by atoms with Gasteiger partial charge in [-0.3, -0.25) is 30.0 Å². The number of nitrogens with one attached hydrogen (secondary N) is 6. The minimum absolute atomic E-state index is 0.00196. The lowest BCUT2D eigenvalue weighted by Crippen LogP contribution is -2.57. The van der Waals surface area contributed by atoms with Crippen molar-refractivity contribution in [2.24, 2.45) is 5.92 Å². The normalized spacial score (nSPS) is 13.1. The molecule has 1 heterocycles. The van der Waals surface area contributed by atoms with Crippen LogP contribution in [0.1, 0.15) is 61.9 Å². The van der Waals surface area contributed by atoms with Gasteiger partial charge < -0.3 is 30.8 Å². The first kappa shape index (κ1) is 43.6. The summed E-state index contributed by atoms with van der Waals surface area (Å²) in [6, 6.07) is 29.0. The van der Waals surface area contributed by atoms with E-state index in [1.165, 1.54) is 6.33 Å². The van der Waals surface area contributed by atoms with E-state index in [1.807, 2.05) is 117 Å². The van der Waals surface area contributed by atoms with E-state index in [2.05, 4.69) is 36.8 Å². The summed E-state index contributed by atoms with van der Waals surface area (Å²) in [6.45, 7) is 3.80. The Bertz CT molecular complexity index is 2110. The third-order valence-corrected chi connectivity index (χ3v) is 9.69. The highest BCUT2D eigenvalue weighted by molar-refractivity contribution is 5.93. The van der Waals surface area contributed by atoms with Gasteiger partial charge in [-0.15, -0.1) is 0 Å². The van der Waals surface area contributed by atoms with E-state index < -0.39 is 54.5 Å². The zero-order chi connectivity index (χ0) is 42.0. The predicted molar refractivity (Wildman–Crippen MR) is 223 cm³/mol. The highest BCUT2D eigenvalue weighted by atomic mass is 16.5. The lowest BCUT2D eigenvalue weighted by molar-refractivity contribution is -0.132. The van der Waals surface area contributed by atoms with Crippen molar-refractivity contribution in [1.29, 1.82) is 0 Å². The number of carbonyl (C=O) groups excluding carboxylic acids is 5. The topological polar surface area (TPSA) is 204 Å². The smallest absolute Gasteiger partial charge is 0.408 e. The van der Waals surface area contributed by atoms with E-state index in [9.17, 15) is 29.1 Å². The number of hydrazine groups is 1. The second-order valence-electron chi connectivity index (χ2n) is 14.9. The number of imidazole rings is 1. The number of benzene rings is 4. The Labute approximate surface area is 343 Å². The summed E-state index contributed by atoms with van der Waals surface area (Å²) in [4.78, 5) is 73.8. The number of ether oxygens (including phenoxy) is 1. The Morgan fingerprint density at radius 2 is 1.37 bits per heavy atom. The van der Waals surface area contributed by atoms with Crippen molar-refractivity contribution in [3.63, 3.8) is 0 Å². The Morgan fingerprint density at radius 1 is 0.729 bits per heavy atom. The summed E-state index contributed by atoms with van der Waals surface area (Å²) in [5.41, 5.74) is 7.89. The number of aliphatic hydroxyl groups is 1. The van der Waals surface area contributed by atoms with Crippen LogP contribution < -0.4 is 26.8 Å². The third-order valence-electron chi connectivity index (χ3n) is 9.69. The molecule has 14 heteroatoms. The molecule has 0 aliphatic rings. The number of amides is 5. The number of hydrogen-bond donors (Lipinski definition) is 7. The molecule has 0 aliphatic heterocycles. The molecular formula is C45H53N7O7. The number of nitrogens with zero attached hydrogens (tertiary/aromatic N) is 1. The molecule has 4 aromatic carbocycles. The molecular weight excluding hydrogens is 751 g/mol. The van der Waals surface area contributed by atoms with Crippen molar-refractivity contribution < 1.29 is 33.8 Å². The van der Waals surface area contributed by atoms with Gasteiger partial charge in [0.15, 0.2) is 0 Å². The Balaban J connectivity index is 1.26. The lowest BCUT2D eigenvalue weighted by atomic mass is 9.96. The van der Waals surface area contributed by atoms with Crippen LogP contribution in [-0.4, -0.2) is 69.0 Å². The van der Waals surface area contributed by atoms with Crippen molar-refractivity contribution in [3.8, 4) is 0 Å². The fraction of sp³-hybridized carbons (Fsp3) is 0.333. The van der Waals surface area contributed by atoms with Crippen molar-refractivity contribution in [3.05, 3.63) is 138 Å². The fourth-order valence-corrected chi connectivity index (χ4v) is 6.69. The number of alkyl carbamates (subject to hydrolysis) is 1. The maximum absolute atomic E-state index is 14.2. The molecule has 4 atom stereocenters. The van der Waals surface area contributed by atoms with Crippen LogP contribution in [0.4, 0.5) is 4.79 Å². The zero-order valence-electron chi connectivity index (χ0n) is 33.4. The lowest BCUT2D eigenvalue weighted by Gasteiger charge is -2.28. The number of rotatable bonds is 20. The zero-order valence-corrected chi connectivity index (χ0v) is 33.4. The number of hydrogen-bond acceptors (Lipinski definition) is 8. The van der Waals surface area contributed by atoms with Crippen LogP contribution >= 0.6 is 0 Å². The number of aromatic nitrogens is 2. The number of carbonyl (C=O) groups is 5. The minimum atomic E-state index is -1.33. The summed E-state index contributed by atoms with van der Waals surface area (Å²) < 4.78 is 5.48. The van der Waals surface area contributed by atoms with Gasteiger partial charge in [0, 0.05) is 25.5 Å².